The van der Waals surface area contributed by atoms with E-state index in [-0.39, 0.29) is 6.03 Å². The van der Waals surface area contributed by atoms with Crippen molar-refractivity contribution in [2.75, 3.05) is 38.1 Å². The molecule has 3 N–H and O–H groups in total. The number of hydrogen-bond donors (Lipinski definition) is 2. The Morgan fingerprint density at radius 1 is 1.44 bits per heavy atom. The van der Waals surface area contributed by atoms with Crippen molar-refractivity contribution in [1.82, 2.24) is 10.2 Å². The predicted molar refractivity (Wildman–Crippen MR) is 72.6 cm³/mol. The average molecular weight is 248 g/mol. The number of benzene rings is 1. The summed E-state index contributed by atoms with van der Waals surface area (Å²) in [4.78, 5) is 15.4. The number of rotatable bonds is 5. The SMILES string of the molecule is CN(CCN1CCNC1=O)c1ccccc1CN. The maximum Gasteiger partial charge on any atom is 0.317 e. The number of likely N-dealkylation sites (N-methyl/N-ethyl adjacent to an activating group) is 1. The zero-order valence-corrected chi connectivity index (χ0v) is 10.7. The second-order valence-electron chi connectivity index (χ2n) is 4.47. The van der Waals surface area contributed by atoms with Gasteiger partial charge in [-0.1, -0.05) is 18.2 Å². The van der Waals surface area contributed by atoms with E-state index in [0.717, 1.165) is 37.4 Å². The van der Waals surface area contributed by atoms with Gasteiger partial charge < -0.3 is 20.9 Å². The molecule has 0 radical (unpaired) electrons. The van der Waals surface area contributed by atoms with E-state index in [1.165, 1.54) is 0 Å². The zero-order valence-electron chi connectivity index (χ0n) is 10.7. The van der Waals surface area contributed by atoms with Crippen molar-refractivity contribution in [3.05, 3.63) is 29.8 Å². The molecule has 0 bridgehead atoms. The smallest absolute Gasteiger partial charge is 0.317 e. The number of nitrogens with two attached hydrogens (primary N) is 1. The van der Waals surface area contributed by atoms with E-state index in [1.54, 1.807) is 0 Å². The van der Waals surface area contributed by atoms with Gasteiger partial charge in [0, 0.05) is 45.5 Å². The lowest BCUT2D eigenvalue weighted by atomic mass is 10.1. The van der Waals surface area contributed by atoms with Crippen LogP contribution in [0, 0.1) is 0 Å². The molecular formula is C13H20N4O. The normalized spacial score (nSPS) is 14.8. The molecule has 0 saturated carbocycles. The lowest BCUT2D eigenvalue weighted by molar-refractivity contribution is 0.218. The van der Waals surface area contributed by atoms with Crippen LogP contribution >= 0.6 is 0 Å². The summed E-state index contributed by atoms with van der Waals surface area (Å²) in [7, 11) is 2.03. The van der Waals surface area contributed by atoms with E-state index in [2.05, 4.69) is 16.3 Å². The largest absolute Gasteiger partial charge is 0.373 e. The molecule has 1 saturated heterocycles. The first kappa shape index (κ1) is 12.7. The summed E-state index contributed by atoms with van der Waals surface area (Å²) in [5.41, 5.74) is 8.00. The van der Waals surface area contributed by atoms with Gasteiger partial charge in [0.1, 0.15) is 0 Å². The van der Waals surface area contributed by atoms with Crippen LogP contribution in [0.1, 0.15) is 5.56 Å². The van der Waals surface area contributed by atoms with E-state index >= 15 is 0 Å². The fourth-order valence-electron chi connectivity index (χ4n) is 2.17. The van der Waals surface area contributed by atoms with E-state index in [4.69, 9.17) is 5.73 Å². The van der Waals surface area contributed by atoms with Crippen LogP contribution in [-0.2, 0) is 6.54 Å². The van der Waals surface area contributed by atoms with Crippen LogP contribution < -0.4 is 16.0 Å². The first-order valence-electron chi connectivity index (χ1n) is 6.24. The van der Waals surface area contributed by atoms with Gasteiger partial charge in [-0.15, -0.1) is 0 Å². The van der Waals surface area contributed by atoms with Crippen LogP contribution in [0.4, 0.5) is 10.5 Å². The third-order valence-electron chi connectivity index (χ3n) is 3.27. The highest BCUT2D eigenvalue weighted by Crippen LogP contribution is 2.18. The molecule has 1 aliphatic heterocycles. The standard InChI is InChI=1S/C13H20N4O/c1-16(8-9-17-7-6-15-13(17)18)12-5-3-2-4-11(12)10-14/h2-5H,6-10,14H2,1H3,(H,15,18). The van der Waals surface area contributed by atoms with Crippen molar-refractivity contribution in [3.63, 3.8) is 0 Å². The predicted octanol–water partition coefficient (Wildman–Crippen LogP) is 0.607. The Bertz CT molecular complexity index is 421. The van der Waals surface area contributed by atoms with Crippen LogP contribution in [0.3, 0.4) is 0 Å². The molecule has 1 heterocycles. The highest BCUT2D eigenvalue weighted by atomic mass is 16.2. The van der Waals surface area contributed by atoms with Crippen molar-refractivity contribution in [2.45, 2.75) is 6.54 Å². The third-order valence-corrected chi connectivity index (χ3v) is 3.27. The fraction of sp³-hybridized carbons (Fsp3) is 0.462. The number of nitrogens with zero attached hydrogens (tertiary/aromatic N) is 2. The number of urea groups is 1. The molecule has 2 amide bonds. The minimum Gasteiger partial charge on any atom is -0.373 e. The van der Waals surface area contributed by atoms with E-state index in [1.807, 2.05) is 30.1 Å². The van der Waals surface area contributed by atoms with Crippen LogP contribution in [0.15, 0.2) is 24.3 Å². The van der Waals surface area contributed by atoms with Crippen LogP contribution in [0.5, 0.6) is 0 Å². The number of carbonyl (C=O) groups excluding carboxylic acids is 1. The number of carbonyl (C=O) groups is 1. The van der Waals surface area contributed by atoms with Gasteiger partial charge in [0.05, 0.1) is 0 Å². The van der Waals surface area contributed by atoms with Gasteiger partial charge in [-0.2, -0.15) is 0 Å². The monoisotopic (exact) mass is 248 g/mol. The molecule has 5 nitrogen and oxygen atoms in total. The summed E-state index contributed by atoms with van der Waals surface area (Å²) in [5, 5.41) is 2.80. The molecule has 0 aliphatic carbocycles. The van der Waals surface area contributed by atoms with Crippen LogP contribution in [0.25, 0.3) is 0 Å². The molecule has 98 valence electrons. The van der Waals surface area contributed by atoms with Crippen molar-refractivity contribution < 1.29 is 4.79 Å². The van der Waals surface area contributed by atoms with Gasteiger partial charge in [0.15, 0.2) is 0 Å². The van der Waals surface area contributed by atoms with Crippen molar-refractivity contribution in [1.29, 1.82) is 0 Å². The number of para-hydroxylation sites is 1. The number of nitrogens with one attached hydrogen (secondary N) is 1. The molecule has 2 rings (SSSR count). The first-order chi connectivity index (χ1) is 8.72. The molecule has 0 spiro atoms. The van der Waals surface area contributed by atoms with Gasteiger partial charge in [0.25, 0.3) is 0 Å². The second-order valence-corrected chi connectivity index (χ2v) is 4.47. The van der Waals surface area contributed by atoms with Gasteiger partial charge in [-0.05, 0) is 11.6 Å². The number of hydrogen-bond acceptors (Lipinski definition) is 3. The minimum atomic E-state index is 0.0375. The minimum absolute atomic E-state index is 0.0375. The highest BCUT2D eigenvalue weighted by molar-refractivity contribution is 5.76. The summed E-state index contributed by atoms with van der Waals surface area (Å²) in [6.07, 6.45) is 0. The topological polar surface area (TPSA) is 61.6 Å². The maximum absolute atomic E-state index is 11.4. The molecule has 1 aromatic rings. The average Bonchev–Trinajstić information content (AvgIpc) is 2.81. The molecule has 1 fully saturated rings. The molecule has 1 aromatic carbocycles. The summed E-state index contributed by atoms with van der Waals surface area (Å²) in [6.45, 7) is 3.63. The molecule has 5 heteroatoms. The fourth-order valence-corrected chi connectivity index (χ4v) is 2.17. The summed E-state index contributed by atoms with van der Waals surface area (Å²) in [5.74, 6) is 0. The Labute approximate surface area is 108 Å². The second kappa shape index (κ2) is 5.73. The maximum atomic E-state index is 11.4. The molecular weight excluding hydrogens is 228 g/mol. The van der Waals surface area contributed by atoms with E-state index in [0.29, 0.717) is 6.54 Å². The highest BCUT2D eigenvalue weighted by Gasteiger charge is 2.19. The molecule has 18 heavy (non-hydrogen) atoms. The van der Waals surface area contributed by atoms with Gasteiger partial charge in [-0.3, -0.25) is 0 Å². The van der Waals surface area contributed by atoms with Crippen molar-refractivity contribution >= 4 is 11.7 Å². The molecule has 1 aliphatic rings. The van der Waals surface area contributed by atoms with Gasteiger partial charge in [-0.25, -0.2) is 4.79 Å². The molecule has 0 atom stereocenters. The lowest BCUT2D eigenvalue weighted by Gasteiger charge is -2.24. The first-order valence-corrected chi connectivity index (χ1v) is 6.24. The Hall–Kier alpha value is -1.75. The van der Waals surface area contributed by atoms with Crippen LogP contribution in [-0.4, -0.2) is 44.2 Å². The Morgan fingerprint density at radius 2 is 2.22 bits per heavy atom. The third kappa shape index (κ3) is 2.73. The summed E-state index contributed by atoms with van der Waals surface area (Å²) < 4.78 is 0. The van der Waals surface area contributed by atoms with Gasteiger partial charge in [0.2, 0.25) is 0 Å². The Morgan fingerprint density at radius 3 is 2.89 bits per heavy atom. The molecule has 0 aromatic heterocycles. The summed E-state index contributed by atoms with van der Waals surface area (Å²) in [6, 6.07) is 8.14. The number of amides is 2. The zero-order chi connectivity index (χ0) is 13.0. The Balaban J connectivity index is 1.94. The van der Waals surface area contributed by atoms with Gasteiger partial charge >= 0.3 is 6.03 Å². The van der Waals surface area contributed by atoms with Crippen molar-refractivity contribution in [3.8, 4) is 0 Å². The van der Waals surface area contributed by atoms with Crippen LogP contribution in [0.2, 0.25) is 0 Å². The lowest BCUT2D eigenvalue weighted by Crippen LogP contribution is -2.35. The van der Waals surface area contributed by atoms with E-state index in [9.17, 15) is 4.79 Å². The van der Waals surface area contributed by atoms with Crippen molar-refractivity contribution in [2.24, 2.45) is 5.73 Å². The van der Waals surface area contributed by atoms with E-state index < -0.39 is 0 Å². The molecule has 0 unspecified atom stereocenters. The number of anilines is 1. The quantitative estimate of drug-likeness (QED) is 0.802. The Kier molecular flexibility index (Phi) is 4.04. The summed E-state index contributed by atoms with van der Waals surface area (Å²) >= 11 is 0.